The van der Waals surface area contributed by atoms with Gasteiger partial charge in [-0.3, -0.25) is 4.90 Å². The summed E-state index contributed by atoms with van der Waals surface area (Å²) in [5.74, 6) is 0.527. The van der Waals surface area contributed by atoms with Gasteiger partial charge in [0.1, 0.15) is 0 Å². The highest BCUT2D eigenvalue weighted by atomic mass is 35.5. The molecule has 0 bridgehead atoms. The molecule has 1 aromatic carbocycles. The van der Waals surface area contributed by atoms with E-state index in [-0.39, 0.29) is 6.04 Å². The normalized spacial score (nSPS) is 27.2. The van der Waals surface area contributed by atoms with Crippen LogP contribution in [0.4, 0.5) is 0 Å². The smallest absolute Gasteiger partial charge is 0.0454 e. The maximum Gasteiger partial charge on any atom is 0.0454 e. The average Bonchev–Trinajstić information content (AvgIpc) is 2.35. The summed E-state index contributed by atoms with van der Waals surface area (Å²) in [5, 5.41) is 1.53. The van der Waals surface area contributed by atoms with E-state index >= 15 is 0 Å². The predicted octanol–water partition coefficient (Wildman–Crippen LogP) is 3.72. The van der Waals surface area contributed by atoms with Crippen LogP contribution in [-0.4, -0.2) is 24.0 Å². The van der Waals surface area contributed by atoms with Gasteiger partial charge in [-0.05, 0) is 43.0 Å². The molecule has 0 aliphatic carbocycles. The number of likely N-dealkylation sites (tertiary alicyclic amines) is 1. The van der Waals surface area contributed by atoms with Crippen molar-refractivity contribution in [1.29, 1.82) is 0 Å². The topological polar surface area (TPSA) is 29.3 Å². The lowest BCUT2D eigenvalue weighted by Gasteiger charge is -2.39. The van der Waals surface area contributed by atoms with Gasteiger partial charge < -0.3 is 5.73 Å². The minimum absolute atomic E-state index is 0.283. The zero-order valence-electron chi connectivity index (χ0n) is 10.9. The molecule has 1 saturated heterocycles. The van der Waals surface area contributed by atoms with Crippen molar-refractivity contribution in [1.82, 2.24) is 4.90 Å². The van der Waals surface area contributed by atoms with Crippen LogP contribution in [0.5, 0.6) is 0 Å². The van der Waals surface area contributed by atoms with Gasteiger partial charge in [-0.15, -0.1) is 0 Å². The summed E-state index contributed by atoms with van der Waals surface area (Å²) in [4.78, 5) is 2.44. The molecule has 2 rings (SSSR count). The molecule has 1 heterocycles. The minimum Gasteiger partial charge on any atom is -0.327 e. The average molecular weight is 287 g/mol. The van der Waals surface area contributed by atoms with E-state index < -0.39 is 0 Å². The zero-order chi connectivity index (χ0) is 13.3. The van der Waals surface area contributed by atoms with Gasteiger partial charge in [0.15, 0.2) is 0 Å². The Morgan fingerprint density at radius 3 is 2.78 bits per heavy atom. The quantitative estimate of drug-likeness (QED) is 0.898. The second kappa shape index (κ2) is 5.79. The summed E-state index contributed by atoms with van der Waals surface area (Å²) in [7, 11) is 0. The standard InChI is InChI=1S/C14H20Cl2N2/c1-9-8-18(6-5-14(9)17)10(2)12-7-11(15)3-4-13(12)16/h3-4,7,9-10,14H,5-6,8,17H2,1-2H3. The first-order chi connectivity index (χ1) is 8.49. The first-order valence-electron chi connectivity index (χ1n) is 6.43. The van der Waals surface area contributed by atoms with Gasteiger partial charge in [0.05, 0.1) is 0 Å². The van der Waals surface area contributed by atoms with Crippen molar-refractivity contribution in [2.75, 3.05) is 13.1 Å². The predicted molar refractivity (Wildman–Crippen MR) is 78.2 cm³/mol. The number of piperidine rings is 1. The Bertz CT molecular complexity index is 422. The summed E-state index contributed by atoms with van der Waals surface area (Å²) in [5.41, 5.74) is 7.16. The number of hydrogen-bond donors (Lipinski definition) is 1. The summed E-state index contributed by atoms with van der Waals surface area (Å²) >= 11 is 12.3. The molecule has 1 aromatic rings. The van der Waals surface area contributed by atoms with Crippen molar-refractivity contribution in [2.45, 2.75) is 32.4 Å². The van der Waals surface area contributed by atoms with Crippen LogP contribution in [0.1, 0.15) is 31.9 Å². The largest absolute Gasteiger partial charge is 0.327 e. The summed E-state index contributed by atoms with van der Waals surface area (Å²) in [6, 6.07) is 6.27. The van der Waals surface area contributed by atoms with Crippen molar-refractivity contribution in [3.8, 4) is 0 Å². The molecule has 0 radical (unpaired) electrons. The van der Waals surface area contributed by atoms with Crippen LogP contribution in [0.25, 0.3) is 0 Å². The van der Waals surface area contributed by atoms with Crippen LogP contribution >= 0.6 is 23.2 Å². The molecule has 3 unspecified atom stereocenters. The Hall–Kier alpha value is -0.280. The summed E-state index contributed by atoms with van der Waals surface area (Å²) < 4.78 is 0. The van der Waals surface area contributed by atoms with Gasteiger partial charge in [0, 0.05) is 35.2 Å². The highest BCUT2D eigenvalue weighted by molar-refractivity contribution is 6.33. The van der Waals surface area contributed by atoms with Gasteiger partial charge >= 0.3 is 0 Å². The fourth-order valence-electron chi connectivity index (χ4n) is 2.58. The fourth-order valence-corrected chi connectivity index (χ4v) is 3.04. The van der Waals surface area contributed by atoms with Crippen LogP contribution in [0.2, 0.25) is 10.0 Å². The Labute approximate surface area is 119 Å². The number of halogens is 2. The molecule has 18 heavy (non-hydrogen) atoms. The molecule has 0 saturated carbocycles. The summed E-state index contributed by atoms with van der Waals surface area (Å²) in [6.45, 7) is 6.44. The molecule has 2 N–H and O–H groups in total. The van der Waals surface area contributed by atoms with E-state index in [4.69, 9.17) is 28.9 Å². The third kappa shape index (κ3) is 3.00. The van der Waals surface area contributed by atoms with Crippen LogP contribution in [0.3, 0.4) is 0 Å². The van der Waals surface area contributed by atoms with Gasteiger partial charge in [-0.2, -0.15) is 0 Å². The lowest BCUT2D eigenvalue weighted by molar-refractivity contribution is 0.124. The van der Waals surface area contributed by atoms with Crippen molar-refractivity contribution in [2.24, 2.45) is 11.7 Å². The number of rotatable bonds is 2. The van der Waals surface area contributed by atoms with Crippen molar-refractivity contribution >= 4 is 23.2 Å². The Kier molecular flexibility index (Phi) is 4.54. The molecule has 0 spiro atoms. The molecule has 100 valence electrons. The van der Waals surface area contributed by atoms with Crippen molar-refractivity contribution in [3.05, 3.63) is 33.8 Å². The third-order valence-electron chi connectivity index (χ3n) is 3.96. The molecule has 0 aromatic heterocycles. The highest BCUT2D eigenvalue weighted by Crippen LogP contribution is 2.32. The molecule has 0 amide bonds. The van der Waals surface area contributed by atoms with E-state index in [2.05, 4.69) is 18.7 Å². The molecule has 1 aliphatic heterocycles. The number of benzene rings is 1. The maximum absolute atomic E-state index is 6.27. The lowest BCUT2D eigenvalue weighted by atomic mass is 9.92. The second-order valence-corrected chi connectivity index (χ2v) is 6.11. The second-order valence-electron chi connectivity index (χ2n) is 5.27. The van der Waals surface area contributed by atoms with Gasteiger partial charge in [-0.1, -0.05) is 30.1 Å². The number of nitrogens with zero attached hydrogens (tertiary/aromatic N) is 1. The summed E-state index contributed by atoms with van der Waals surface area (Å²) in [6.07, 6.45) is 1.05. The van der Waals surface area contributed by atoms with E-state index in [0.29, 0.717) is 12.0 Å². The van der Waals surface area contributed by atoms with Crippen molar-refractivity contribution in [3.63, 3.8) is 0 Å². The minimum atomic E-state index is 0.283. The number of nitrogens with two attached hydrogens (primary N) is 1. The molecular weight excluding hydrogens is 267 g/mol. The molecule has 1 aliphatic rings. The van der Waals surface area contributed by atoms with Crippen LogP contribution < -0.4 is 5.73 Å². The molecule has 4 heteroatoms. The van der Waals surface area contributed by atoms with E-state index in [0.717, 1.165) is 35.1 Å². The Morgan fingerprint density at radius 1 is 1.39 bits per heavy atom. The molecule has 3 atom stereocenters. The third-order valence-corrected chi connectivity index (χ3v) is 4.54. The number of hydrogen-bond acceptors (Lipinski definition) is 2. The van der Waals surface area contributed by atoms with E-state index in [1.807, 2.05) is 18.2 Å². The Balaban J connectivity index is 2.16. The first-order valence-corrected chi connectivity index (χ1v) is 7.19. The lowest BCUT2D eigenvalue weighted by Crippen LogP contribution is -2.46. The molecule has 2 nitrogen and oxygen atoms in total. The van der Waals surface area contributed by atoms with Crippen LogP contribution in [0.15, 0.2) is 18.2 Å². The van der Waals surface area contributed by atoms with Crippen LogP contribution in [-0.2, 0) is 0 Å². The van der Waals surface area contributed by atoms with Gasteiger partial charge in [0.25, 0.3) is 0 Å². The van der Waals surface area contributed by atoms with Crippen LogP contribution in [0, 0.1) is 5.92 Å². The van der Waals surface area contributed by atoms with Crippen molar-refractivity contribution < 1.29 is 0 Å². The Morgan fingerprint density at radius 2 is 2.11 bits per heavy atom. The van der Waals surface area contributed by atoms with E-state index in [9.17, 15) is 0 Å². The van der Waals surface area contributed by atoms with E-state index in [1.54, 1.807) is 0 Å². The monoisotopic (exact) mass is 286 g/mol. The van der Waals surface area contributed by atoms with Gasteiger partial charge in [0.2, 0.25) is 0 Å². The highest BCUT2D eigenvalue weighted by Gasteiger charge is 2.27. The molecular formula is C14H20Cl2N2. The maximum atomic E-state index is 6.27. The molecule has 1 fully saturated rings. The fraction of sp³-hybridized carbons (Fsp3) is 0.571. The van der Waals surface area contributed by atoms with E-state index in [1.165, 1.54) is 0 Å². The first kappa shape index (κ1) is 14.1. The zero-order valence-corrected chi connectivity index (χ0v) is 12.4. The van der Waals surface area contributed by atoms with Gasteiger partial charge in [-0.25, -0.2) is 0 Å². The SMILES string of the molecule is CC1CN(C(C)c2cc(Cl)ccc2Cl)CCC1N.